The van der Waals surface area contributed by atoms with Gasteiger partial charge in [-0.05, 0) is 16.7 Å². The number of amides is 1. The first-order valence-electron chi connectivity index (χ1n) is 6.25. The summed E-state index contributed by atoms with van der Waals surface area (Å²) in [7, 11) is 0. The Bertz CT molecular complexity index is 747. The summed E-state index contributed by atoms with van der Waals surface area (Å²) in [5.41, 5.74) is 9.48. The minimum absolute atomic E-state index is 0.327. The fourth-order valence-corrected chi connectivity index (χ4v) is 2.27. The average Bonchev–Trinajstić information content (AvgIpc) is 2.98. The lowest BCUT2D eigenvalue weighted by molar-refractivity contribution is 0.0996. The van der Waals surface area contributed by atoms with E-state index in [1.165, 1.54) is 0 Å². The van der Waals surface area contributed by atoms with E-state index in [2.05, 4.69) is 10.2 Å². The Balaban J connectivity index is 2.21. The smallest absolute Gasteiger partial charge is 0.267 e. The highest BCUT2D eigenvalue weighted by Crippen LogP contribution is 2.32. The van der Waals surface area contributed by atoms with Crippen molar-refractivity contribution in [1.29, 1.82) is 0 Å². The van der Waals surface area contributed by atoms with Crippen molar-refractivity contribution in [3.05, 3.63) is 66.5 Å². The molecule has 0 fully saturated rings. The highest BCUT2D eigenvalue weighted by Gasteiger charge is 2.15. The van der Waals surface area contributed by atoms with Crippen LogP contribution in [0.3, 0.4) is 0 Å². The molecule has 0 aliphatic carbocycles. The number of primary amides is 1. The number of carbonyl (C=O) groups excluding carboxylic acids is 1. The second-order valence-electron chi connectivity index (χ2n) is 4.43. The minimum Gasteiger partial charge on any atom is -0.364 e. The quantitative estimate of drug-likeness (QED) is 0.762. The van der Waals surface area contributed by atoms with Gasteiger partial charge in [0, 0.05) is 5.56 Å². The molecular formula is C16H13N3O. The van der Waals surface area contributed by atoms with Crippen LogP contribution in [-0.2, 0) is 0 Å². The van der Waals surface area contributed by atoms with Crippen LogP contribution >= 0.6 is 0 Å². The molecule has 0 radical (unpaired) electrons. The van der Waals surface area contributed by atoms with Crippen molar-refractivity contribution in [2.24, 2.45) is 5.73 Å². The lowest BCUT2D eigenvalue weighted by atomic mass is 9.95. The second-order valence-corrected chi connectivity index (χ2v) is 4.43. The number of aromatic nitrogens is 2. The predicted octanol–water partition coefficient (Wildman–Crippen LogP) is 2.84. The van der Waals surface area contributed by atoms with Crippen LogP contribution in [0.15, 0.2) is 60.8 Å². The Hall–Kier alpha value is -2.88. The summed E-state index contributed by atoms with van der Waals surface area (Å²) in [6.07, 6.45) is 1.63. The molecule has 0 atom stereocenters. The van der Waals surface area contributed by atoms with Gasteiger partial charge in [0.1, 0.15) is 5.69 Å². The molecule has 3 aromatic rings. The molecule has 3 rings (SSSR count). The Kier molecular flexibility index (Phi) is 3.05. The van der Waals surface area contributed by atoms with E-state index in [0.717, 1.165) is 22.3 Å². The van der Waals surface area contributed by atoms with Crippen LogP contribution in [0.25, 0.3) is 22.3 Å². The summed E-state index contributed by atoms with van der Waals surface area (Å²) < 4.78 is 0. The molecule has 20 heavy (non-hydrogen) atoms. The van der Waals surface area contributed by atoms with Gasteiger partial charge < -0.3 is 5.73 Å². The molecule has 4 heteroatoms. The summed E-state index contributed by atoms with van der Waals surface area (Å²) in [6, 6.07) is 17.9. The van der Waals surface area contributed by atoms with Crippen molar-refractivity contribution < 1.29 is 4.79 Å². The molecule has 0 unspecified atom stereocenters. The van der Waals surface area contributed by atoms with Gasteiger partial charge in [-0.25, -0.2) is 0 Å². The minimum atomic E-state index is -0.514. The third-order valence-corrected chi connectivity index (χ3v) is 3.19. The summed E-state index contributed by atoms with van der Waals surface area (Å²) in [6.45, 7) is 0. The Morgan fingerprint density at radius 3 is 2.25 bits per heavy atom. The Morgan fingerprint density at radius 2 is 1.55 bits per heavy atom. The normalized spacial score (nSPS) is 10.4. The van der Waals surface area contributed by atoms with Gasteiger partial charge in [-0.15, -0.1) is 0 Å². The fourth-order valence-electron chi connectivity index (χ4n) is 2.27. The van der Waals surface area contributed by atoms with Gasteiger partial charge in [0.25, 0.3) is 5.91 Å². The molecule has 2 aromatic carbocycles. The number of nitrogens with two attached hydrogens (primary N) is 1. The standard InChI is InChI=1S/C16H13N3O/c17-16(20)15-14(10-18-19-15)13-9-5-4-8-12(13)11-6-2-1-3-7-11/h1-10H,(H2,17,20)(H,18,19). The van der Waals surface area contributed by atoms with Crippen molar-refractivity contribution in [3.63, 3.8) is 0 Å². The van der Waals surface area contributed by atoms with Crippen molar-refractivity contribution in [2.75, 3.05) is 0 Å². The zero-order valence-corrected chi connectivity index (χ0v) is 10.7. The van der Waals surface area contributed by atoms with Gasteiger partial charge in [-0.1, -0.05) is 54.6 Å². The number of hydrogen-bond acceptors (Lipinski definition) is 2. The van der Waals surface area contributed by atoms with E-state index in [4.69, 9.17) is 5.73 Å². The third-order valence-electron chi connectivity index (χ3n) is 3.19. The summed E-state index contributed by atoms with van der Waals surface area (Å²) in [5, 5.41) is 6.59. The number of hydrogen-bond donors (Lipinski definition) is 2. The molecule has 1 aromatic heterocycles. The van der Waals surface area contributed by atoms with Crippen LogP contribution in [0.5, 0.6) is 0 Å². The van der Waals surface area contributed by atoms with Crippen LogP contribution in [0.4, 0.5) is 0 Å². The van der Waals surface area contributed by atoms with E-state index < -0.39 is 5.91 Å². The number of aromatic amines is 1. The molecule has 4 nitrogen and oxygen atoms in total. The van der Waals surface area contributed by atoms with E-state index in [-0.39, 0.29) is 0 Å². The highest BCUT2D eigenvalue weighted by atomic mass is 16.1. The van der Waals surface area contributed by atoms with Crippen LogP contribution in [0, 0.1) is 0 Å². The molecule has 1 heterocycles. The average molecular weight is 263 g/mol. The van der Waals surface area contributed by atoms with Crippen molar-refractivity contribution in [1.82, 2.24) is 10.2 Å². The molecule has 1 amide bonds. The summed E-state index contributed by atoms with van der Waals surface area (Å²) >= 11 is 0. The van der Waals surface area contributed by atoms with E-state index in [1.54, 1.807) is 6.20 Å². The van der Waals surface area contributed by atoms with Crippen LogP contribution in [-0.4, -0.2) is 16.1 Å². The maximum Gasteiger partial charge on any atom is 0.267 e. The van der Waals surface area contributed by atoms with E-state index in [1.807, 2.05) is 54.6 Å². The van der Waals surface area contributed by atoms with Gasteiger partial charge in [0.2, 0.25) is 0 Å². The third kappa shape index (κ3) is 2.07. The van der Waals surface area contributed by atoms with Crippen molar-refractivity contribution in [2.45, 2.75) is 0 Å². The zero-order valence-electron chi connectivity index (χ0n) is 10.7. The number of benzene rings is 2. The first-order chi connectivity index (χ1) is 9.77. The Labute approximate surface area is 116 Å². The number of H-pyrrole nitrogens is 1. The maximum atomic E-state index is 11.5. The molecule has 0 aliphatic heterocycles. The van der Waals surface area contributed by atoms with Gasteiger partial charge in [-0.3, -0.25) is 9.89 Å². The van der Waals surface area contributed by atoms with Crippen molar-refractivity contribution in [3.8, 4) is 22.3 Å². The van der Waals surface area contributed by atoms with E-state index in [9.17, 15) is 4.79 Å². The van der Waals surface area contributed by atoms with Gasteiger partial charge in [0.15, 0.2) is 0 Å². The SMILES string of the molecule is NC(=O)c1[nH]ncc1-c1ccccc1-c1ccccc1. The van der Waals surface area contributed by atoms with Gasteiger partial charge in [0.05, 0.1) is 6.20 Å². The Morgan fingerprint density at radius 1 is 0.900 bits per heavy atom. The number of nitrogens with zero attached hydrogens (tertiary/aromatic N) is 1. The highest BCUT2D eigenvalue weighted by molar-refractivity contribution is 6.00. The summed E-state index contributed by atoms with van der Waals surface area (Å²) in [5.74, 6) is -0.514. The first-order valence-corrected chi connectivity index (χ1v) is 6.25. The molecule has 0 bridgehead atoms. The first kappa shape index (κ1) is 12.2. The second kappa shape index (κ2) is 5.01. The molecule has 3 N–H and O–H groups in total. The van der Waals surface area contributed by atoms with Crippen molar-refractivity contribution >= 4 is 5.91 Å². The van der Waals surface area contributed by atoms with Crippen LogP contribution in [0.1, 0.15) is 10.5 Å². The maximum absolute atomic E-state index is 11.5. The number of rotatable bonds is 3. The summed E-state index contributed by atoms with van der Waals surface area (Å²) in [4.78, 5) is 11.5. The van der Waals surface area contributed by atoms with Gasteiger partial charge >= 0.3 is 0 Å². The van der Waals surface area contributed by atoms with E-state index >= 15 is 0 Å². The predicted molar refractivity (Wildman–Crippen MR) is 78.0 cm³/mol. The molecule has 0 spiro atoms. The molecular weight excluding hydrogens is 250 g/mol. The number of carbonyl (C=O) groups is 1. The topological polar surface area (TPSA) is 71.8 Å². The molecule has 0 saturated heterocycles. The lowest BCUT2D eigenvalue weighted by Crippen LogP contribution is -2.12. The number of nitrogens with one attached hydrogen (secondary N) is 1. The lowest BCUT2D eigenvalue weighted by Gasteiger charge is -2.09. The fraction of sp³-hybridized carbons (Fsp3) is 0. The monoisotopic (exact) mass is 263 g/mol. The zero-order chi connectivity index (χ0) is 13.9. The largest absolute Gasteiger partial charge is 0.364 e. The molecule has 98 valence electrons. The van der Waals surface area contributed by atoms with Crippen LogP contribution in [0.2, 0.25) is 0 Å². The van der Waals surface area contributed by atoms with Crippen LogP contribution < -0.4 is 5.73 Å². The molecule has 0 saturated carbocycles. The van der Waals surface area contributed by atoms with Gasteiger partial charge in [-0.2, -0.15) is 5.10 Å². The molecule has 0 aliphatic rings. The van der Waals surface area contributed by atoms with E-state index in [0.29, 0.717) is 5.69 Å².